The van der Waals surface area contributed by atoms with Crippen LogP contribution in [0.1, 0.15) is 36.5 Å². The van der Waals surface area contributed by atoms with Crippen molar-refractivity contribution in [3.63, 3.8) is 0 Å². The second kappa shape index (κ2) is 5.83. The zero-order valence-corrected chi connectivity index (χ0v) is 12.7. The van der Waals surface area contributed by atoms with Gasteiger partial charge in [-0.15, -0.1) is 0 Å². The van der Waals surface area contributed by atoms with Gasteiger partial charge in [0.15, 0.2) is 0 Å². The Labute approximate surface area is 131 Å². The molecule has 2 aromatic rings. The van der Waals surface area contributed by atoms with Gasteiger partial charge in [0.05, 0.1) is 4.92 Å². The lowest BCUT2D eigenvalue weighted by Crippen LogP contribution is -2.43. The van der Waals surface area contributed by atoms with Gasteiger partial charge in [0, 0.05) is 30.1 Å². The number of rotatable bonds is 2. The van der Waals surface area contributed by atoms with Gasteiger partial charge in [-0.25, -0.2) is 4.79 Å². The molecule has 1 fully saturated rings. The Balaban J connectivity index is 2.05. The average molecular weight is 316 g/mol. The van der Waals surface area contributed by atoms with Crippen LogP contribution in [0.5, 0.6) is 0 Å². The molecule has 1 aromatic carbocycles. The van der Waals surface area contributed by atoms with Crippen LogP contribution >= 0.6 is 0 Å². The normalized spacial score (nSPS) is 18.1. The number of nitro groups is 1. The van der Waals surface area contributed by atoms with E-state index in [1.54, 1.807) is 4.90 Å². The van der Waals surface area contributed by atoms with Crippen molar-refractivity contribution >= 4 is 22.6 Å². The molecule has 1 aliphatic heterocycles. The lowest BCUT2D eigenvalue weighted by Gasteiger charge is -2.33. The molecule has 3 rings (SSSR count). The summed E-state index contributed by atoms with van der Waals surface area (Å²) in [4.78, 5) is 36.7. The SMILES string of the molecule is C[C@@H]1CCCCN1C(=O)c1cc2cc([N+](=O)[O-])ccc2oc1=O. The number of piperidine rings is 1. The summed E-state index contributed by atoms with van der Waals surface area (Å²) in [6.07, 6.45) is 2.86. The van der Waals surface area contributed by atoms with E-state index in [2.05, 4.69) is 0 Å². The summed E-state index contributed by atoms with van der Waals surface area (Å²) in [6.45, 7) is 2.55. The Morgan fingerprint density at radius 1 is 1.35 bits per heavy atom. The predicted octanol–water partition coefficient (Wildman–Crippen LogP) is 2.72. The lowest BCUT2D eigenvalue weighted by molar-refractivity contribution is -0.384. The molecule has 1 aliphatic rings. The van der Waals surface area contributed by atoms with Crippen molar-refractivity contribution in [1.82, 2.24) is 4.90 Å². The first-order valence-corrected chi connectivity index (χ1v) is 7.50. The molecular weight excluding hydrogens is 300 g/mol. The Hall–Kier alpha value is -2.70. The van der Waals surface area contributed by atoms with Crippen molar-refractivity contribution in [2.45, 2.75) is 32.2 Å². The van der Waals surface area contributed by atoms with E-state index in [0.717, 1.165) is 19.3 Å². The number of carbonyl (C=O) groups excluding carboxylic acids is 1. The summed E-state index contributed by atoms with van der Waals surface area (Å²) in [6, 6.07) is 5.38. The second-order valence-corrected chi connectivity index (χ2v) is 5.77. The van der Waals surface area contributed by atoms with E-state index in [9.17, 15) is 19.7 Å². The fraction of sp³-hybridized carbons (Fsp3) is 0.375. The van der Waals surface area contributed by atoms with E-state index in [1.165, 1.54) is 24.3 Å². The van der Waals surface area contributed by atoms with Crippen LogP contribution in [0.25, 0.3) is 11.0 Å². The summed E-state index contributed by atoms with van der Waals surface area (Å²) >= 11 is 0. The quantitative estimate of drug-likeness (QED) is 0.482. The van der Waals surface area contributed by atoms with Crippen LogP contribution in [-0.4, -0.2) is 28.3 Å². The minimum absolute atomic E-state index is 0.0662. The molecule has 1 amide bonds. The predicted molar refractivity (Wildman–Crippen MR) is 83.5 cm³/mol. The summed E-state index contributed by atoms with van der Waals surface area (Å²) in [5.74, 6) is -0.376. The summed E-state index contributed by atoms with van der Waals surface area (Å²) in [5.41, 5.74) is -0.680. The zero-order valence-electron chi connectivity index (χ0n) is 12.7. The van der Waals surface area contributed by atoms with Crippen LogP contribution in [0.15, 0.2) is 33.5 Å². The fourth-order valence-corrected chi connectivity index (χ4v) is 2.93. The highest BCUT2D eigenvalue weighted by molar-refractivity contribution is 5.97. The molecule has 1 atom stereocenters. The van der Waals surface area contributed by atoms with Gasteiger partial charge >= 0.3 is 5.63 Å². The molecule has 0 saturated carbocycles. The molecular formula is C16H16N2O5. The van der Waals surface area contributed by atoms with Crippen molar-refractivity contribution < 1.29 is 14.1 Å². The molecule has 2 heterocycles. The fourth-order valence-electron chi connectivity index (χ4n) is 2.93. The second-order valence-electron chi connectivity index (χ2n) is 5.77. The van der Waals surface area contributed by atoms with Gasteiger partial charge in [0.1, 0.15) is 11.1 Å². The minimum Gasteiger partial charge on any atom is -0.422 e. The van der Waals surface area contributed by atoms with Gasteiger partial charge in [0.25, 0.3) is 11.6 Å². The lowest BCUT2D eigenvalue weighted by atomic mass is 10.0. The number of likely N-dealkylation sites (tertiary alicyclic amines) is 1. The maximum Gasteiger partial charge on any atom is 0.349 e. The van der Waals surface area contributed by atoms with E-state index < -0.39 is 10.5 Å². The smallest absolute Gasteiger partial charge is 0.349 e. The third kappa shape index (κ3) is 2.81. The number of hydrogen-bond donors (Lipinski definition) is 0. The number of fused-ring (bicyclic) bond motifs is 1. The third-order valence-corrected chi connectivity index (χ3v) is 4.22. The van der Waals surface area contributed by atoms with Crippen LogP contribution in [-0.2, 0) is 0 Å². The largest absolute Gasteiger partial charge is 0.422 e. The Morgan fingerprint density at radius 3 is 2.83 bits per heavy atom. The highest BCUT2D eigenvalue weighted by Crippen LogP contribution is 2.23. The first kappa shape index (κ1) is 15.2. The van der Waals surface area contributed by atoms with Gasteiger partial charge < -0.3 is 9.32 Å². The zero-order chi connectivity index (χ0) is 16.6. The van der Waals surface area contributed by atoms with Gasteiger partial charge in [-0.3, -0.25) is 14.9 Å². The molecule has 1 saturated heterocycles. The van der Waals surface area contributed by atoms with E-state index in [1.807, 2.05) is 6.92 Å². The first-order valence-electron chi connectivity index (χ1n) is 7.50. The van der Waals surface area contributed by atoms with Crippen molar-refractivity contribution in [3.8, 4) is 0 Å². The molecule has 1 aromatic heterocycles. The monoisotopic (exact) mass is 316 g/mol. The number of carbonyl (C=O) groups is 1. The van der Waals surface area contributed by atoms with Gasteiger partial charge in [-0.2, -0.15) is 0 Å². The van der Waals surface area contributed by atoms with E-state index in [4.69, 9.17) is 4.42 Å². The van der Waals surface area contributed by atoms with Crippen molar-refractivity contribution in [2.75, 3.05) is 6.54 Å². The number of amides is 1. The van der Waals surface area contributed by atoms with Crippen LogP contribution in [0.4, 0.5) is 5.69 Å². The van der Waals surface area contributed by atoms with Crippen LogP contribution < -0.4 is 5.63 Å². The number of benzene rings is 1. The summed E-state index contributed by atoms with van der Waals surface area (Å²) < 4.78 is 5.15. The molecule has 0 unspecified atom stereocenters. The van der Waals surface area contributed by atoms with Crippen molar-refractivity contribution in [3.05, 3.63) is 50.4 Å². The number of non-ortho nitro benzene ring substituents is 1. The maximum atomic E-state index is 12.6. The Morgan fingerprint density at radius 2 is 2.13 bits per heavy atom. The number of nitro benzene ring substituents is 1. The summed E-state index contributed by atoms with van der Waals surface area (Å²) in [5, 5.41) is 11.2. The number of hydrogen-bond acceptors (Lipinski definition) is 5. The van der Waals surface area contributed by atoms with Gasteiger partial charge in [-0.05, 0) is 38.3 Å². The van der Waals surface area contributed by atoms with Gasteiger partial charge in [0.2, 0.25) is 0 Å². The van der Waals surface area contributed by atoms with E-state index >= 15 is 0 Å². The van der Waals surface area contributed by atoms with Crippen molar-refractivity contribution in [1.29, 1.82) is 0 Å². The Kier molecular flexibility index (Phi) is 3.85. The standard InChI is InChI=1S/C16H16N2O5/c1-10-4-2-3-7-17(10)15(19)13-9-11-8-12(18(21)22)5-6-14(11)23-16(13)20/h5-6,8-10H,2-4,7H2,1H3/t10-/m1/s1. The molecule has 0 spiro atoms. The molecule has 0 radical (unpaired) electrons. The van der Waals surface area contributed by atoms with E-state index in [-0.39, 0.29) is 28.8 Å². The molecule has 0 aliphatic carbocycles. The Bertz CT molecular complexity index is 842. The minimum atomic E-state index is -0.714. The maximum absolute atomic E-state index is 12.6. The molecule has 7 heteroatoms. The first-order chi connectivity index (χ1) is 11.0. The molecule has 23 heavy (non-hydrogen) atoms. The average Bonchev–Trinajstić information content (AvgIpc) is 2.53. The summed E-state index contributed by atoms with van der Waals surface area (Å²) in [7, 11) is 0. The van der Waals surface area contributed by atoms with Crippen molar-refractivity contribution in [2.24, 2.45) is 0 Å². The van der Waals surface area contributed by atoms with E-state index in [0.29, 0.717) is 11.9 Å². The number of nitrogens with zero attached hydrogens (tertiary/aromatic N) is 2. The van der Waals surface area contributed by atoms with Crippen LogP contribution in [0.3, 0.4) is 0 Å². The molecule has 120 valence electrons. The third-order valence-electron chi connectivity index (χ3n) is 4.22. The van der Waals surface area contributed by atoms with Crippen LogP contribution in [0.2, 0.25) is 0 Å². The highest BCUT2D eigenvalue weighted by Gasteiger charge is 2.27. The highest BCUT2D eigenvalue weighted by atomic mass is 16.6. The molecule has 0 bridgehead atoms. The molecule has 0 N–H and O–H groups in total. The van der Waals surface area contributed by atoms with Gasteiger partial charge in [-0.1, -0.05) is 0 Å². The topological polar surface area (TPSA) is 93.7 Å². The molecule has 7 nitrogen and oxygen atoms in total. The van der Waals surface area contributed by atoms with Crippen LogP contribution in [0, 0.1) is 10.1 Å².